The van der Waals surface area contributed by atoms with Crippen molar-refractivity contribution in [3.63, 3.8) is 0 Å². The normalized spacial score (nSPS) is 9.91. The van der Waals surface area contributed by atoms with Gasteiger partial charge in [0, 0.05) is 0 Å². The van der Waals surface area contributed by atoms with Crippen molar-refractivity contribution in [2.75, 3.05) is 0 Å². The summed E-state index contributed by atoms with van der Waals surface area (Å²) in [6.07, 6.45) is 3.02. The molecule has 0 aliphatic carbocycles. The molecule has 2 rings (SSSR count). The van der Waals surface area contributed by atoms with E-state index in [9.17, 15) is 9.59 Å². The van der Waals surface area contributed by atoms with E-state index in [2.05, 4.69) is 0 Å². The van der Waals surface area contributed by atoms with Crippen molar-refractivity contribution in [3.05, 3.63) is 63.4 Å². The summed E-state index contributed by atoms with van der Waals surface area (Å²) in [4.78, 5) is 22.6. The molecule has 0 bridgehead atoms. The summed E-state index contributed by atoms with van der Waals surface area (Å²) in [5.41, 5.74) is 11.5. The van der Waals surface area contributed by atoms with Gasteiger partial charge < -0.3 is 28.4 Å². The van der Waals surface area contributed by atoms with Crippen LogP contribution >= 0.6 is 23.2 Å². The Hall–Kier alpha value is -1.63. The van der Waals surface area contributed by atoms with Gasteiger partial charge >= 0.3 is 0 Å². The molecule has 116 valence electrons. The Labute approximate surface area is 147 Å². The maximum atomic E-state index is 11.3. The molecule has 0 saturated carbocycles. The second kappa shape index (κ2) is 7.58. The minimum atomic E-state index is -0.655. The smallest absolute Gasteiger partial charge is 0.254 e. The lowest BCUT2D eigenvalue weighted by atomic mass is 10.1. The maximum Gasteiger partial charge on any atom is 0.254 e. The number of nitrogens with zero attached hydrogens (tertiary/aromatic N) is 1. The molecule has 1 aromatic heterocycles. The number of carbonyl (C=O) groups excluding carboxylic acids is 2. The van der Waals surface area contributed by atoms with Crippen LogP contribution in [0.3, 0.4) is 0 Å². The number of hydrogen-bond donors (Lipinski definition) is 2. The molecule has 0 radical (unpaired) electrons. The number of benzene rings is 1. The highest BCUT2D eigenvalue weighted by Gasteiger charge is 2.17. The first-order valence-corrected chi connectivity index (χ1v) is 6.70. The topological polar surface area (TPSA) is 90.1 Å². The predicted octanol–water partition coefficient (Wildman–Crippen LogP) is -1.47. The predicted molar refractivity (Wildman–Crippen MR) is 79.2 cm³/mol. The minimum Gasteiger partial charge on any atom is -1.00 e. The third kappa shape index (κ3) is 4.19. The molecule has 22 heavy (non-hydrogen) atoms. The zero-order chi connectivity index (χ0) is 15.6. The van der Waals surface area contributed by atoms with Gasteiger partial charge in [0.05, 0.1) is 15.6 Å². The molecule has 4 N–H and O–H groups in total. The van der Waals surface area contributed by atoms with Crippen LogP contribution in [0.4, 0.5) is 0 Å². The Morgan fingerprint density at radius 3 is 1.86 bits per heavy atom. The Kier molecular flexibility index (Phi) is 6.34. The number of rotatable bonds is 4. The van der Waals surface area contributed by atoms with Crippen LogP contribution in [0.1, 0.15) is 26.3 Å². The second-order valence-electron chi connectivity index (χ2n) is 4.41. The number of primary amides is 2. The van der Waals surface area contributed by atoms with E-state index in [0.29, 0.717) is 15.6 Å². The number of carbonyl (C=O) groups is 2. The van der Waals surface area contributed by atoms with Crippen molar-refractivity contribution < 1.29 is 31.1 Å². The van der Waals surface area contributed by atoms with Gasteiger partial charge in [-0.2, -0.15) is 4.57 Å². The average molecular weight is 405 g/mol. The van der Waals surface area contributed by atoms with Crippen molar-refractivity contribution in [1.29, 1.82) is 0 Å². The van der Waals surface area contributed by atoms with E-state index in [1.807, 2.05) is 0 Å². The van der Waals surface area contributed by atoms with Crippen LogP contribution in [-0.4, -0.2) is 11.8 Å². The lowest BCUT2D eigenvalue weighted by molar-refractivity contribution is -0.688. The third-order valence-corrected chi connectivity index (χ3v) is 3.60. The molecule has 0 aliphatic heterocycles. The van der Waals surface area contributed by atoms with Crippen molar-refractivity contribution in [2.45, 2.75) is 6.54 Å². The summed E-state index contributed by atoms with van der Waals surface area (Å²) in [7, 11) is 0. The quantitative estimate of drug-likeness (QED) is 0.609. The molecule has 0 atom stereocenters. The van der Waals surface area contributed by atoms with Crippen LogP contribution in [0.25, 0.3) is 0 Å². The van der Waals surface area contributed by atoms with E-state index in [1.165, 1.54) is 18.5 Å². The molecule has 5 nitrogen and oxygen atoms in total. The van der Waals surface area contributed by atoms with E-state index >= 15 is 0 Å². The van der Waals surface area contributed by atoms with Gasteiger partial charge in [-0.25, -0.2) is 0 Å². The largest absolute Gasteiger partial charge is 1.00 e. The van der Waals surface area contributed by atoms with E-state index in [0.717, 1.165) is 0 Å². The fourth-order valence-electron chi connectivity index (χ4n) is 1.86. The first-order valence-electron chi connectivity index (χ1n) is 5.95. The molecule has 0 fully saturated rings. The highest BCUT2D eigenvalue weighted by atomic mass is 79.9. The van der Waals surface area contributed by atoms with Gasteiger partial charge in [0.2, 0.25) is 0 Å². The van der Waals surface area contributed by atoms with Crippen molar-refractivity contribution in [2.24, 2.45) is 11.5 Å². The zero-order valence-electron chi connectivity index (χ0n) is 11.2. The SMILES string of the molecule is NC(=O)c1cc(C(N)=O)c[n+](Cc2c(Cl)cccc2Cl)c1.[Br-]. The van der Waals surface area contributed by atoms with Gasteiger partial charge in [0.15, 0.2) is 18.9 Å². The van der Waals surface area contributed by atoms with Gasteiger partial charge in [0.1, 0.15) is 11.1 Å². The Morgan fingerprint density at radius 1 is 1.00 bits per heavy atom. The molecule has 1 heterocycles. The fourth-order valence-corrected chi connectivity index (χ4v) is 2.38. The third-order valence-electron chi connectivity index (χ3n) is 2.89. The highest BCUT2D eigenvalue weighted by molar-refractivity contribution is 6.35. The van der Waals surface area contributed by atoms with Crippen LogP contribution in [0.5, 0.6) is 0 Å². The van der Waals surface area contributed by atoms with Crippen molar-refractivity contribution in [1.82, 2.24) is 0 Å². The second-order valence-corrected chi connectivity index (χ2v) is 5.23. The first-order chi connectivity index (χ1) is 9.88. The monoisotopic (exact) mass is 403 g/mol. The number of halogens is 3. The van der Waals surface area contributed by atoms with Gasteiger partial charge in [-0.05, 0) is 18.2 Å². The van der Waals surface area contributed by atoms with E-state index in [4.69, 9.17) is 34.7 Å². The molecule has 0 unspecified atom stereocenters. The van der Waals surface area contributed by atoms with E-state index in [-0.39, 0.29) is 34.7 Å². The number of amides is 2. The van der Waals surface area contributed by atoms with Crippen LogP contribution in [0.2, 0.25) is 10.0 Å². The molecule has 8 heteroatoms. The lowest BCUT2D eigenvalue weighted by Crippen LogP contribution is -3.00. The fraction of sp³-hybridized carbons (Fsp3) is 0.0714. The summed E-state index contributed by atoms with van der Waals surface area (Å²) >= 11 is 12.2. The Bertz CT molecular complexity index is 686. The molecule has 2 amide bonds. The van der Waals surface area contributed by atoms with Gasteiger partial charge in [-0.15, -0.1) is 0 Å². The summed E-state index contributed by atoms with van der Waals surface area (Å²) < 4.78 is 1.59. The lowest BCUT2D eigenvalue weighted by Gasteiger charge is -2.05. The summed E-state index contributed by atoms with van der Waals surface area (Å²) in [6, 6.07) is 6.48. The molecule has 2 aromatic rings. The molecule has 0 aliphatic rings. The molecular formula is C14H12BrCl2N3O2. The van der Waals surface area contributed by atoms with E-state index < -0.39 is 11.8 Å². The molecular weight excluding hydrogens is 393 g/mol. The van der Waals surface area contributed by atoms with Crippen LogP contribution in [0.15, 0.2) is 36.7 Å². The standard InChI is InChI=1S/C14H11Cl2N3O2.BrH/c15-11-2-1-3-12(16)10(11)7-19-5-8(13(17)20)4-9(6-19)14(18)21;/h1-6H,7H2,(H3-,17,18,20,21);1H. The molecule has 1 aromatic carbocycles. The number of hydrogen-bond acceptors (Lipinski definition) is 2. The first kappa shape index (κ1) is 18.4. The number of pyridine rings is 1. The number of nitrogens with two attached hydrogens (primary N) is 2. The van der Waals surface area contributed by atoms with Crippen molar-refractivity contribution in [3.8, 4) is 0 Å². The van der Waals surface area contributed by atoms with Crippen LogP contribution < -0.4 is 33.0 Å². The number of aromatic nitrogens is 1. The zero-order valence-corrected chi connectivity index (χ0v) is 14.3. The minimum absolute atomic E-state index is 0. The van der Waals surface area contributed by atoms with Crippen LogP contribution in [-0.2, 0) is 6.54 Å². The Morgan fingerprint density at radius 2 is 1.45 bits per heavy atom. The van der Waals surface area contributed by atoms with Gasteiger partial charge in [-0.3, -0.25) is 9.59 Å². The summed E-state index contributed by atoms with van der Waals surface area (Å²) in [5, 5.41) is 0.972. The van der Waals surface area contributed by atoms with Crippen molar-refractivity contribution >= 4 is 35.0 Å². The highest BCUT2D eigenvalue weighted by Crippen LogP contribution is 2.23. The Balaban J connectivity index is 0.00000242. The molecule has 0 saturated heterocycles. The maximum absolute atomic E-state index is 11.3. The van der Waals surface area contributed by atoms with E-state index in [1.54, 1.807) is 22.8 Å². The van der Waals surface area contributed by atoms with Gasteiger partial charge in [0.25, 0.3) is 11.8 Å². The average Bonchev–Trinajstić information content (AvgIpc) is 2.42. The van der Waals surface area contributed by atoms with Gasteiger partial charge in [-0.1, -0.05) is 29.3 Å². The van der Waals surface area contributed by atoms with Crippen LogP contribution in [0, 0.1) is 0 Å². The summed E-state index contributed by atoms with van der Waals surface area (Å²) in [5.74, 6) is -1.31. The molecule has 0 spiro atoms. The summed E-state index contributed by atoms with van der Waals surface area (Å²) in [6.45, 7) is 0.278.